The number of ether oxygens (including phenoxy) is 1. The Morgan fingerprint density at radius 3 is 2.89 bits per heavy atom. The zero-order valence-corrected chi connectivity index (χ0v) is 10.3. The minimum absolute atomic E-state index is 0.118. The van der Waals surface area contributed by atoms with E-state index in [4.69, 9.17) is 10.5 Å². The number of anilines is 2. The summed E-state index contributed by atoms with van der Waals surface area (Å²) < 4.78 is 5.38. The molecule has 98 valence electrons. The molecular formula is C10H15N5O3. The molecule has 2 rings (SSSR count). The van der Waals surface area contributed by atoms with Crippen molar-refractivity contribution in [3.63, 3.8) is 0 Å². The van der Waals surface area contributed by atoms with E-state index < -0.39 is 4.92 Å². The SMILES string of the molecule is CC1(C)COCCN1c1ncnc(N)c1[N+](=O)[O-]. The van der Waals surface area contributed by atoms with Crippen molar-refractivity contribution in [1.82, 2.24) is 9.97 Å². The second-order valence-corrected chi connectivity index (χ2v) is 4.70. The zero-order valence-electron chi connectivity index (χ0n) is 10.3. The number of aromatic nitrogens is 2. The van der Waals surface area contributed by atoms with Gasteiger partial charge in [0, 0.05) is 6.54 Å². The average molecular weight is 253 g/mol. The van der Waals surface area contributed by atoms with Gasteiger partial charge in [-0.1, -0.05) is 0 Å². The predicted octanol–water partition coefficient (Wildman–Crippen LogP) is 0.582. The highest BCUT2D eigenvalue weighted by Gasteiger charge is 2.36. The standard InChI is InChI=1S/C10H15N5O3/c1-10(2)5-18-4-3-14(10)9-7(15(16)17)8(11)12-6-13-9/h6H,3-5H2,1-2H3,(H2,11,12,13). The fourth-order valence-corrected chi connectivity index (χ4v) is 2.01. The van der Waals surface area contributed by atoms with E-state index in [9.17, 15) is 10.1 Å². The molecule has 1 saturated heterocycles. The van der Waals surface area contributed by atoms with Gasteiger partial charge >= 0.3 is 5.69 Å². The largest absolute Gasteiger partial charge is 0.378 e. The lowest BCUT2D eigenvalue weighted by atomic mass is 10.0. The number of rotatable bonds is 2. The molecule has 1 aliphatic rings. The van der Waals surface area contributed by atoms with Crippen LogP contribution in [0.15, 0.2) is 6.33 Å². The summed E-state index contributed by atoms with van der Waals surface area (Å²) in [6.07, 6.45) is 1.24. The normalized spacial score (nSPS) is 18.7. The topological polar surface area (TPSA) is 107 Å². The van der Waals surface area contributed by atoms with Crippen molar-refractivity contribution in [2.24, 2.45) is 0 Å². The molecule has 0 bridgehead atoms. The molecule has 0 spiro atoms. The van der Waals surface area contributed by atoms with Crippen LogP contribution in [0.25, 0.3) is 0 Å². The van der Waals surface area contributed by atoms with Crippen LogP contribution in [0.4, 0.5) is 17.3 Å². The second kappa shape index (κ2) is 4.37. The van der Waals surface area contributed by atoms with Crippen LogP contribution in [-0.4, -0.2) is 40.2 Å². The quantitative estimate of drug-likeness (QED) is 0.606. The Balaban J connectivity index is 2.50. The van der Waals surface area contributed by atoms with Crippen LogP contribution < -0.4 is 10.6 Å². The molecule has 2 heterocycles. The van der Waals surface area contributed by atoms with Gasteiger partial charge in [-0.2, -0.15) is 0 Å². The maximum Gasteiger partial charge on any atom is 0.353 e. The van der Waals surface area contributed by atoms with Crippen LogP contribution in [0.2, 0.25) is 0 Å². The van der Waals surface area contributed by atoms with Crippen LogP contribution in [0.5, 0.6) is 0 Å². The Labute approximate surface area is 104 Å². The molecule has 8 nitrogen and oxygen atoms in total. The minimum Gasteiger partial charge on any atom is -0.378 e. The summed E-state index contributed by atoms with van der Waals surface area (Å²) in [6, 6.07) is 0. The van der Waals surface area contributed by atoms with Gasteiger partial charge in [0.2, 0.25) is 11.6 Å². The van der Waals surface area contributed by atoms with Crippen molar-refractivity contribution in [2.45, 2.75) is 19.4 Å². The molecule has 0 saturated carbocycles. The van der Waals surface area contributed by atoms with Crippen molar-refractivity contribution >= 4 is 17.3 Å². The Kier molecular flexibility index (Phi) is 3.04. The number of nitrogens with zero attached hydrogens (tertiary/aromatic N) is 4. The Morgan fingerprint density at radius 1 is 1.56 bits per heavy atom. The van der Waals surface area contributed by atoms with E-state index in [1.807, 2.05) is 18.7 Å². The highest BCUT2D eigenvalue weighted by Crippen LogP contribution is 2.34. The molecule has 0 amide bonds. The summed E-state index contributed by atoms with van der Waals surface area (Å²) in [5.74, 6) is 0.132. The van der Waals surface area contributed by atoms with Gasteiger partial charge in [-0.05, 0) is 13.8 Å². The number of hydrogen-bond donors (Lipinski definition) is 1. The van der Waals surface area contributed by atoms with Gasteiger partial charge in [0.05, 0.1) is 23.7 Å². The summed E-state index contributed by atoms with van der Waals surface area (Å²) >= 11 is 0. The fourth-order valence-electron chi connectivity index (χ4n) is 2.01. The third-order valence-electron chi connectivity index (χ3n) is 2.91. The van der Waals surface area contributed by atoms with Crippen molar-refractivity contribution in [3.8, 4) is 0 Å². The first-order valence-electron chi connectivity index (χ1n) is 5.54. The number of nitro groups is 1. The first kappa shape index (κ1) is 12.5. The molecule has 18 heavy (non-hydrogen) atoms. The molecule has 1 fully saturated rings. The van der Waals surface area contributed by atoms with Crippen LogP contribution in [0.1, 0.15) is 13.8 Å². The van der Waals surface area contributed by atoms with Gasteiger partial charge in [-0.25, -0.2) is 9.97 Å². The predicted molar refractivity (Wildman–Crippen MR) is 65.3 cm³/mol. The summed E-state index contributed by atoms with van der Waals surface area (Å²) in [5, 5.41) is 11.1. The molecule has 0 aromatic carbocycles. The summed E-state index contributed by atoms with van der Waals surface area (Å²) in [5.41, 5.74) is 4.95. The van der Waals surface area contributed by atoms with Crippen molar-refractivity contribution in [2.75, 3.05) is 30.4 Å². The highest BCUT2D eigenvalue weighted by molar-refractivity contribution is 5.69. The molecule has 8 heteroatoms. The van der Waals surface area contributed by atoms with E-state index in [0.29, 0.717) is 19.8 Å². The lowest BCUT2D eigenvalue weighted by molar-refractivity contribution is -0.383. The number of nitrogens with two attached hydrogens (primary N) is 1. The third kappa shape index (κ3) is 2.06. The van der Waals surface area contributed by atoms with Gasteiger partial charge in [0.25, 0.3) is 0 Å². The maximum atomic E-state index is 11.1. The summed E-state index contributed by atoms with van der Waals surface area (Å²) in [7, 11) is 0. The molecule has 2 N–H and O–H groups in total. The van der Waals surface area contributed by atoms with E-state index in [0.717, 1.165) is 0 Å². The smallest absolute Gasteiger partial charge is 0.353 e. The molecular weight excluding hydrogens is 238 g/mol. The average Bonchev–Trinajstić information content (AvgIpc) is 2.27. The van der Waals surface area contributed by atoms with Crippen LogP contribution in [-0.2, 0) is 4.74 Å². The van der Waals surface area contributed by atoms with Gasteiger partial charge in [0.15, 0.2) is 0 Å². The van der Waals surface area contributed by atoms with E-state index in [1.54, 1.807) is 0 Å². The zero-order chi connectivity index (χ0) is 13.3. The first-order chi connectivity index (χ1) is 8.43. The van der Waals surface area contributed by atoms with E-state index in [2.05, 4.69) is 9.97 Å². The van der Waals surface area contributed by atoms with Crippen LogP contribution in [0, 0.1) is 10.1 Å². The lowest BCUT2D eigenvalue weighted by Gasteiger charge is -2.42. The summed E-state index contributed by atoms with van der Waals surface area (Å²) in [6.45, 7) is 5.39. The molecule has 0 radical (unpaired) electrons. The second-order valence-electron chi connectivity index (χ2n) is 4.70. The minimum atomic E-state index is -0.545. The number of nitrogen functional groups attached to an aromatic ring is 1. The van der Waals surface area contributed by atoms with Gasteiger partial charge in [0.1, 0.15) is 6.33 Å². The van der Waals surface area contributed by atoms with E-state index >= 15 is 0 Å². The van der Waals surface area contributed by atoms with Gasteiger partial charge in [-0.15, -0.1) is 0 Å². The number of morpholine rings is 1. The van der Waals surface area contributed by atoms with E-state index in [1.165, 1.54) is 6.33 Å². The van der Waals surface area contributed by atoms with E-state index in [-0.39, 0.29) is 22.9 Å². The third-order valence-corrected chi connectivity index (χ3v) is 2.91. The van der Waals surface area contributed by atoms with Crippen LogP contribution >= 0.6 is 0 Å². The first-order valence-corrected chi connectivity index (χ1v) is 5.54. The lowest BCUT2D eigenvalue weighted by Crippen LogP contribution is -2.53. The molecule has 0 aliphatic carbocycles. The molecule has 0 unspecified atom stereocenters. The fraction of sp³-hybridized carbons (Fsp3) is 0.600. The number of hydrogen-bond acceptors (Lipinski definition) is 7. The molecule has 1 aliphatic heterocycles. The molecule has 0 atom stereocenters. The highest BCUT2D eigenvalue weighted by atomic mass is 16.6. The Hall–Kier alpha value is -1.96. The molecule has 1 aromatic rings. The van der Waals surface area contributed by atoms with Crippen molar-refractivity contribution in [1.29, 1.82) is 0 Å². The summed E-state index contributed by atoms with van der Waals surface area (Å²) in [4.78, 5) is 20.1. The Bertz CT molecular complexity index is 477. The van der Waals surface area contributed by atoms with Gasteiger partial charge in [-0.3, -0.25) is 10.1 Å². The van der Waals surface area contributed by atoms with Crippen molar-refractivity contribution < 1.29 is 9.66 Å². The Morgan fingerprint density at radius 2 is 2.28 bits per heavy atom. The maximum absolute atomic E-state index is 11.1. The molecule has 1 aromatic heterocycles. The van der Waals surface area contributed by atoms with Crippen LogP contribution in [0.3, 0.4) is 0 Å². The van der Waals surface area contributed by atoms with Gasteiger partial charge < -0.3 is 15.4 Å². The van der Waals surface area contributed by atoms with Crippen molar-refractivity contribution in [3.05, 3.63) is 16.4 Å². The monoisotopic (exact) mass is 253 g/mol.